The zero-order valence-electron chi connectivity index (χ0n) is 10.3. The minimum absolute atomic E-state index is 0.486. The van der Waals surface area contributed by atoms with Gasteiger partial charge >= 0.3 is 0 Å². The molecule has 0 aliphatic carbocycles. The third-order valence-corrected chi connectivity index (χ3v) is 2.41. The molecule has 3 N–H and O–H groups in total. The van der Waals surface area contributed by atoms with Crippen LogP contribution in [0.2, 0.25) is 0 Å². The number of rotatable bonds is 5. The van der Waals surface area contributed by atoms with Gasteiger partial charge in [0.25, 0.3) is 0 Å². The molecule has 0 radical (unpaired) electrons. The predicted molar refractivity (Wildman–Crippen MR) is 66.3 cm³/mol. The second kappa shape index (κ2) is 5.27. The molecule has 0 spiro atoms. The summed E-state index contributed by atoms with van der Waals surface area (Å²) in [6.07, 6.45) is 3.54. The van der Waals surface area contributed by atoms with Crippen molar-refractivity contribution in [3.63, 3.8) is 0 Å². The van der Waals surface area contributed by atoms with E-state index in [0.717, 1.165) is 17.8 Å². The third-order valence-electron chi connectivity index (χ3n) is 2.41. The largest absolute Gasteiger partial charge is 0.389 e. The smallest absolute Gasteiger partial charge is 0.0765 e. The average Bonchev–Trinajstić information content (AvgIpc) is 2.24. The topological polar surface area (TPSA) is 62.4 Å². The molecule has 0 fully saturated rings. The van der Waals surface area contributed by atoms with Crippen molar-refractivity contribution in [2.24, 2.45) is 5.73 Å². The second-order valence-corrected chi connectivity index (χ2v) is 4.54. The fourth-order valence-corrected chi connectivity index (χ4v) is 1.71. The molecular weight excluding hydrogens is 202 g/mol. The number of anilines is 1. The van der Waals surface area contributed by atoms with Crippen molar-refractivity contribution >= 4 is 5.69 Å². The van der Waals surface area contributed by atoms with Crippen LogP contribution in [0.3, 0.4) is 0 Å². The Kier molecular flexibility index (Phi) is 4.26. The summed E-state index contributed by atoms with van der Waals surface area (Å²) in [5.41, 5.74) is 7.03. The van der Waals surface area contributed by atoms with Crippen molar-refractivity contribution in [2.75, 3.05) is 18.0 Å². The van der Waals surface area contributed by atoms with Crippen LogP contribution in [0.15, 0.2) is 18.5 Å². The molecule has 90 valence electrons. The molecule has 1 heterocycles. The van der Waals surface area contributed by atoms with Gasteiger partial charge in [-0.1, -0.05) is 0 Å². The summed E-state index contributed by atoms with van der Waals surface area (Å²) >= 11 is 0. The van der Waals surface area contributed by atoms with E-state index in [1.54, 1.807) is 26.2 Å². The number of likely N-dealkylation sites (N-methyl/N-ethyl adjacent to an activating group) is 1. The van der Waals surface area contributed by atoms with Crippen molar-refractivity contribution < 1.29 is 5.11 Å². The number of aliphatic hydroxyl groups is 1. The zero-order valence-corrected chi connectivity index (χ0v) is 10.3. The number of pyridine rings is 1. The van der Waals surface area contributed by atoms with E-state index in [-0.39, 0.29) is 0 Å². The van der Waals surface area contributed by atoms with E-state index in [0.29, 0.717) is 13.1 Å². The van der Waals surface area contributed by atoms with Gasteiger partial charge in [0.05, 0.1) is 17.5 Å². The number of hydrogen-bond acceptors (Lipinski definition) is 4. The Labute approximate surface area is 97.1 Å². The maximum Gasteiger partial charge on any atom is 0.0765 e. The van der Waals surface area contributed by atoms with Crippen molar-refractivity contribution in [1.82, 2.24) is 4.98 Å². The second-order valence-electron chi connectivity index (χ2n) is 4.54. The number of hydrogen-bond donors (Lipinski definition) is 2. The van der Waals surface area contributed by atoms with Gasteiger partial charge in [0.2, 0.25) is 0 Å². The normalized spacial score (nSPS) is 11.6. The van der Waals surface area contributed by atoms with Crippen LogP contribution in [0.4, 0.5) is 5.69 Å². The highest BCUT2D eigenvalue weighted by atomic mass is 16.3. The zero-order chi connectivity index (χ0) is 12.2. The quantitative estimate of drug-likeness (QED) is 0.785. The van der Waals surface area contributed by atoms with Crippen molar-refractivity contribution in [3.8, 4) is 0 Å². The summed E-state index contributed by atoms with van der Waals surface area (Å²) in [5, 5.41) is 9.85. The van der Waals surface area contributed by atoms with Gasteiger partial charge in [-0.25, -0.2) is 0 Å². The van der Waals surface area contributed by atoms with Gasteiger partial charge in [-0.3, -0.25) is 4.98 Å². The summed E-state index contributed by atoms with van der Waals surface area (Å²) in [7, 11) is 0. The Morgan fingerprint density at radius 1 is 1.50 bits per heavy atom. The molecule has 0 amide bonds. The summed E-state index contributed by atoms with van der Waals surface area (Å²) in [6.45, 7) is 7.53. The first-order chi connectivity index (χ1) is 7.48. The lowest BCUT2D eigenvalue weighted by atomic mass is 10.1. The van der Waals surface area contributed by atoms with E-state index in [1.165, 1.54) is 0 Å². The molecule has 0 aromatic carbocycles. The average molecular weight is 223 g/mol. The van der Waals surface area contributed by atoms with Crippen molar-refractivity contribution in [2.45, 2.75) is 32.9 Å². The summed E-state index contributed by atoms with van der Waals surface area (Å²) in [4.78, 5) is 6.21. The molecule has 0 saturated heterocycles. The maximum atomic E-state index is 9.85. The first-order valence-corrected chi connectivity index (χ1v) is 5.58. The van der Waals surface area contributed by atoms with Crippen LogP contribution in [-0.4, -0.2) is 28.8 Å². The lowest BCUT2D eigenvalue weighted by Crippen LogP contribution is -2.39. The minimum atomic E-state index is -0.724. The molecule has 16 heavy (non-hydrogen) atoms. The molecule has 0 aliphatic heterocycles. The van der Waals surface area contributed by atoms with Crippen LogP contribution in [-0.2, 0) is 6.54 Å². The SMILES string of the molecule is CCN(CC(C)(C)O)c1cnccc1CN. The highest BCUT2D eigenvalue weighted by molar-refractivity contribution is 5.51. The standard InChI is InChI=1S/C12H21N3O/c1-4-15(9-12(2,3)16)11-8-14-6-5-10(11)7-13/h5-6,8,16H,4,7,9,13H2,1-3H3. The van der Waals surface area contributed by atoms with Crippen molar-refractivity contribution in [3.05, 3.63) is 24.0 Å². The molecule has 0 bridgehead atoms. The molecule has 0 aliphatic rings. The van der Waals surface area contributed by atoms with Gasteiger partial charge in [0.1, 0.15) is 0 Å². The highest BCUT2D eigenvalue weighted by Crippen LogP contribution is 2.20. The highest BCUT2D eigenvalue weighted by Gasteiger charge is 2.19. The first-order valence-electron chi connectivity index (χ1n) is 5.58. The van der Waals surface area contributed by atoms with E-state index in [1.807, 2.05) is 6.07 Å². The van der Waals surface area contributed by atoms with Crippen LogP contribution in [0.25, 0.3) is 0 Å². The number of aromatic nitrogens is 1. The summed E-state index contributed by atoms with van der Waals surface area (Å²) in [6, 6.07) is 1.92. The minimum Gasteiger partial charge on any atom is -0.389 e. The first kappa shape index (κ1) is 12.9. The van der Waals surface area contributed by atoms with E-state index < -0.39 is 5.60 Å². The summed E-state index contributed by atoms with van der Waals surface area (Å²) < 4.78 is 0. The Hall–Kier alpha value is -1.13. The van der Waals surface area contributed by atoms with E-state index >= 15 is 0 Å². The maximum absolute atomic E-state index is 9.85. The van der Waals surface area contributed by atoms with Crippen LogP contribution in [0, 0.1) is 0 Å². The van der Waals surface area contributed by atoms with Gasteiger partial charge in [0, 0.05) is 25.8 Å². The molecule has 0 atom stereocenters. The summed E-state index contributed by atoms with van der Waals surface area (Å²) in [5.74, 6) is 0. The van der Waals surface area contributed by atoms with Crippen LogP contribution in [0.5, 0.6) is 0 Å². The molecule has 1 aromatic rings. The van der Waals surface area contributed by atoms with Gasteiger partial charge in [0.15, 0.2) is 0 Å². The lowest BCUT2D eigenvalue weighted by molar-refractivity contribution is 0.0875. The van der Waals surface area contributed by atoms with E-state index in [2.05, 4.69) is 16.8 Å². The lowest BCUT2D eigenvalue weighted by Gasteiger charge is -2.30. The van der Waals surface area contributed by atoms with E-state index in [4.69, 9.17) is 5.73 Å². The van der Waals surface area contributed by atoms with Gasteiger partial charge in [-0.05, 0) is 32.4 Å². The predicted octanol–water partition coefficient (Wildman–Crippen LogP) is 1.14. The van der Waals surface area contributed by atoms with Crippen LogP contribution in [0.1, 0.15) is 26.3 Å². The number of nitrogens with two attached hydrogens (primary N) is 1. The van der Waals surface area contributed by atoms with Crippen LogP contribution >= 0.6 is 0 Å². The number of nitrogens with zero attached hydrogens (tertiary/aromatic N) is 2. The third kappa shape index (κ3) is 3.47. The molecule has 0 saturated carbocycles. The van der Waals surface area contributed by atoms with Gasteiger partial charge in [-0.2, -0.15) is 0 Å². The fourth-order valence-electron chi connectivity index (χ4n) is 1.71. The molecule has 4 nitrogen and oxygen atoms in total. The van der Waals surface area contributed by atoms with Crippen LogP contribution < -0.4 is 10.6 Å². The van der Waals surface area contributed by atoms with Gasteiger partial charge < -0.3 is 15.7 Å². The monoisotopic (exact) mass is 223 g/mol. The Balaban J connectivity index is 2.94. The molecule has 1 rings (SSSR count). The Morgan fingerprint density at radius 2 is 2.19 bits per heavy atom. The molecule has 4 heteroatoms. The molecular formula is C12H21N3O. The fraction of sp³-hybridized carbons (Fsp3) is 0.583. The molecule has 1 aromatic heterocycles. The van der Waals surface area contributed by atoms with Gasteiger partial charge in [-0.15, -0.1) is 0 Å². The Morgan fingerprint density at radius 3 is 2.69 bits per heavy atom. The van der Waals surface area contributed by atoms with E-state index in [9.17, 15) is 5.11 Å². The Bertz CT molecular complexity index is 333. The molecule has 0 unspecified atom stereocenters. The van der Waals surface area contributed by atoms with Crippen molar-refractivity contribution in [1.29, 1.82) is 0 Å².